The van der Waals surface area contributed by atoms with E-state index in [4.69, 9.17) is 22.9 Å². The molecule has 0 fully saturated rings. The normalized spacial score (nSPS) is 10.9. The molecule has 16 heavy (non-hydrogen) atoms. The standard InChI is InChI=1S/C10H10Br2N4/c11-4-2-1-3-5(6(4)12)8(14)10(16)9(15)7(3)13/h1-2H,13-16H2. The van der Waals surface area contributed by atoms with Crippen molar-refractivity contribution in [2.24, 2.45) is 0 Å². The van der Waals surface area contributed by atoms with Crippen LogP contribution in [0.25, 0.3) is 10.8 Å². The molecule has 6 heteroatoms. The third kappa shape index (κ3) is 1.41. The molecule has 2 aromatic carbocycles. The van der Waals surface area contributed by atoms with Crippen molar-refractivity contribution in [3.05, 3.63) is 21.1 Å². The lowest BCUT2D eigenvalue weighted by molar-refractivity contribution is 1.62. The quantitative estimate of drug-likeness (QED) is 0.551. The fraction of sp³-hybridized carbons (Fsp3) is 0. The molecule has 8 N–H and O–H groups in total. The predicted octanol–water partition coefficient (Wildman–Crippen LogP) is 2.69. The fourth-order valence-corrected chi connectivity index (χ4v) is 2.50. The average Bonchev–Trinajstić information content (AvgIpc) is 2.27. The zero-order valence-corrected chi connectivity index (χ0v) is 11.4. The first-order chi connectivity index (χ1) is 7.45. The van der Waals surface area contributed by atoms with Crippen LogP contribution in [0.15, 0.2) is 21.1 Å². The second-order valence-corrected chi connectivity index (χ2v) is 5.09. The summed E-state index contributed by atoms with van der Waals surface area (Å²) in [6.07, 6.45) is 0. The van der Waals surface area contributed by atoms with Crippen molar-refractivity contribution >= 4 is 65.4 Å². The Labute approximate surface area is 109 Å². The van der Waals surface area contributed by atoms with Crippen molar-refractivity contribution in [1.29, 1.82) is 0 Å². The summed E-state index contributed by atoms with van der Waals surface area (Å²) in [6.45, 7) is 0. The van der Waals surface area contributed by atoms with Gasteiger partial charge in [0.25, 0.3) is 0 Å². The van der Waals surface area contributed by atoms with Gasteiger partial charge in [0, 0.05) is 19.7 Å². The number of halogens is 2. The van der Waals surface area contributed by atoms with Gasteiger partial charge in [0.05, 0.1) is 22.7 Å². The number of fused-ring (bicyclic) bond motifs is 1. The molecule has 0 spiro atoms. The van der Waals surface area contributed by atoms with Gasteiger partial charge < -0.3 is 22.9 Å². The molecule has 0 aliphatic heterocycles. The molecule has 0 saturated carbocycles. The molecule has 0 saturated heterocycles. The van der Waals surface area contributed by atoms with E-state index in [2.05, 4.69) is 31.9 Å². The first kappa shape index (κ1) is 11.3. The Kier molecular flexibility index (Phi) is 2.63. The molecule has 0 heterocycles. The van der Waals surface area contributed by atoms with Gasteiger partial charge in [-0.25, -0.2) is 0 Å². The summed E-state index contributed by atoms with van der Waals surface area (Å²) in [5.41, 5.74) is 25.0. The third-order valence-corrected chi connectivity index (χ3v) is 4.54. The van der Waals surface area contributed by atoms with Crippen molar-refractivity contribution in [2.45, 2.75) is 0 Å². The number of benzene rings is 2. The summed E-state index contributed by atoms with van der Waals surface area (Å²) < 4.78 is 1.70. The van der Waals surface area contributed by atoms with Crippen LogP contribution in [0.2, 0.25) is 0 Å². The molecule has 0 aromatic heterocycles. The van der Waals surface area contributed by atoms with E-state index in [-0.39, 0.29) is 0 Å². The van der Waals surface area contributed by atoms with Crippen molar-refractivity contribution in [3.8, 4) is 0 Å². The van der Waals surface area contributed by atoms with Crippen LogP contribution in [0.3, 0.4) is 0 Å². The van der Waals surface area contributed by atoms with Gasteiger partial charge in [-0.3, -0.25) is 0 Å². The summed E-state index contributed by atoms with van der Waals surface area (Å²) >= 11 is 6.85. The molecule has 0 amide bonds. The van der Waals surface area contributed by atoms with Gasteiger partial charge in [0.15, 0.2) is 0 Å². The van der Waals surface area contributed by atoms with Gasteiger partial charge >= 0.3 is 0 Å². The Balaban J connectivity index is 3.09. The number of nitrogen functional groups attached to an aromatic ring is 4. The van der Waals surface area contributed by atoms with E-state index in [1.54, 1.807) is 0 Å². The van der Waals surface area contributed by atoms with E-state index in [0.717, 1.165) is 19.7 Å². The maximum Gasteiger partial charge on any atom is 0.0809 e. The van der Waals surface area contributed by atoms with Crippen LogP contribution in [0.4, 0.5) is 22.7 Å². The highest BCUT2D eigenvalue weighted by atomic mass is 79.9. The number of hydrogen-bond donors (Lipinski definition) is 4. The van der Waals surface area contributed by atoms with Crippen LogP contribution in [0, 0.1) is 0 Å². The Morgan fingerprint density at radius 2 is 1.31 bits per heavy atom. The van der Waals surface area contributed by atoms with E-state index in [1.165, 1.54) is 0 Å². The van der Waals surface area contributed by atoms with E-state index in [9.17, 15) is 0 Å². The highest BCUT2D eigenvalue weighted by Crippen LogP contribution is 2.43. The minimum absolute atomic E-state index is 0.323. The monoisotopic (exact) mass is 344 g/mol. The molecule has 2 rings (SSSR count). The van der Waals surface area contributed by atoms with Crippen molar-refractivity contribution in [3.63, 3.8) is 0 Å². The Hall–Kier alpha value is -1.14. The van der Waals surface area contributed by atoms with E-state index < -0.39 is 0 Å². The minimum atomic E-state index is 0.323. The van der Waals surface area contributed by atoms with E-state index >= 15 is 0 Å². The van der Waals surface area contributed by atoms with Gasteiger partial charge in [-0.2, -0.15) is 0 Å². The predicted molar refractivity (Wildman–Crippen MR) is 77.0 cm³/mol. The molecule has 0 bridgehead atoms. The second kappa shape index (κ2) is 3.71. The summed E-state index contributed by atoms with van der Waals surface area (Å²) in [5.74, 6) is 0. The summed E-state index contributed by atoms with van der Waals surface area (Å²) in [4.78, 5) is 0. The molecule has 84 valence electrons. The van der Waals surface area contributed by atoms with Gasteiger partial charge in [0.2, 0.25) is 0 Å². The van der Waals surface area contributed by atoms with Crippen molar-refractivity contribution in [1.82, 2.24) is 0 Å². The van der Waals surface area contributed by atoms with Gasteiger partial charge in [-0.15, -0.1) is 0 Å². The molecule has 2 aromatic rings. The first-order valence-corrected chi connectivity index (χ1v) is 6.03. The maximum absolute atomic E-state index is 5.95. The number of anilines is 4. The first-order valence-electron chi connectivity index (χ1n) is 4.44. The van der Waals surface area contributed by atoms with Gasteiger partial charge in [-0.05, 0) is 37.9 Å². The van der Waals surface area contributed by atoms with Crippen molar-refractivity contribution < 1.29 is 0 Å². The fourth-order valence-electron chi connectivity index (χ4n) is 1.61. The molecule has 0 aliphatic rings. The van der Waals surface area contributed by atoms with E-state index in [1.807, 2.05) is 12.1 Å². The van der Waals surface area contributed by atoms with Crippen LogP contribution in [-0.4, -0.2) is 0 Å². The molecular formula is C10H10Br2N4. The largest absolute Gasteiger partial charge is 0.396 e. The summed E-state index contributed by atoms with van der Waals surface area (Å²) in [6, 6.07) is 3.73. The van der Waals surface area contributed by atoms with Gasteiger partial charge in [0.1, 0.15) is 0 Å². The SMILES string of the molecule is Nc1c(N)c(N)c2c(Br)c(Br)ccc2c1N. The smallest absolute Gasteiger partial charge is 0.0809 e. The minimum Gasteiger partial charge on any atom is -0.396 e. The lowest BCUT2D eigenvalue weighted by Crippen LogP contribution is -2.05. The molecule has 0 radical (unpaired) electrons. The Morgan fingerprint density at radius 3 is 1.94 bits per heavy atom. The zero-order valence-electron chi connectivity index (χ0n) is 8.22. The second-order valence-electron chi connectivity index (χ2n) is 3.44. The Bertz CT molecular complexity index is 595. The maximum atomic E-state index is 5.95. The van der Waals surface area contributed by atoms with Gasteiger partial charge in [-0.1, -0.05) is 6.07 Å². The highest BCUT2D eigenvalue weighted by molar-refractivity contribution is 9.13. The molecule has 4 nitrogen and oxygen atoms in total. The van der Waals surface area contributed by atoms with Crippen LogP contribution in [0.1, 0.15) is 0 Å². The molecule has 0 atom stereocenters. The summed E-state index contributed by atoms with van der Waals surface area (Å²) in [7, 11) is 0. The van der Waals surface area contributed by atoms with Crippen LogP contribution in [0.5, 0.6) is 0 Å². The van der Waals surface area contributed by atoms with Crippen LogP contribution < -0.4 is 22.9 Å². The zero-order chi connectivity index (χ0) is 12.0. The lowest BCUT2D eigenvalue weighted by atomic mass is 10.0. The van der Waals surface area contributed by atoms with E-state index in [0.29, 0.717) is 22.7 Å². The van der Waals surface area contributed by atoms with Crippen LogP contribution in [-0.2, 0) is 0 Å². The van der Waals surface area contributed by atoms with Crippen LogP contribution >= 0.6 is 31.9 Å². The molecule has 0 aliphatic carbocycles. The lowest BCUT2D eigenvalue weighted by Gasteiger charge is -2.14. The Morgan fingerprint density at radius 1 is 0.750 bits per heavy atom. The molecular weight excluding hydrogens is 336 g/mol. The number of hydrogen-bond acceptors (Lipinski definition) is 4. The number of nitrogens with two attached hydrogens (primary N) is 4. The summed E-state index contributed by atoms with van der Waals surface area (Å²) in [5, 5.41) is 1.57. The third-order valence-electron chi connectivity index (χ3n) is 2.52. The topological polar surface area (TPSA) is 104 Å². The highest BCUT2D eigenvalue weighted by Gasteiger charge is 2.15. The van der Waals surface area contributed by atoms with Crippen molar-refractivity contribution in [2.75, 3.05) is 22.9 Å². The average molecular weight is 346 g/mol. The number of rotatable bonds is 0. The molecule has 0 unspecified atom stereocenters.